The van der Waals surface area contributed by atoms with Gasteiger partial charge in [-0.3, -0.25) is 19.4 Å². The standard InChI is InChI=1S/C26H24N6O3S/c1-4-14-36-26-27-24(35)23-19-12-8-9-13-21(19)31(17(3)34)25(32(23)29-26)20-15-30(16(2)33)28-22(20)18-10-6-5-7-11-18/h5-13,15,25H,4,14H2,1-3H3/p+1. The van der Waals surface area contributed by atoms with E-state index in [1.807, 2.05) is 48.5 Å². The van der Waals surface area contributed by atoms with Crippen molar-refractivity contribution in [1.29, 1.82) is 0 Å². The van der Waals surface area contributed by atoms with Crippen molar-refractivity contribution in [3.8, 4) is 22.5 Å². The molecule has 2 aromatic carbocycles. The lowest BCUT2D eigenvalue weighted by Gasteiger charge is -2.31. The number of para-hydroxylation sites is 1. The van der Waals surface area contributed by atoms with E-state index in [-0.39, 0.29) is 17.4 Å². The van der Waals surface area contributed by atoms with E-state index in [2.05, 4.69) is 17.0 Å². The third-order valence-electron chi connectivity index (χ3n) is 5.93. The van der Waals surface area contributed by atoms with Crippen molar-refractivity contribution in [2.45, 2.75) is 38.5 Å². The highest BCUT2D eigenvalue weighted by Crippen LogP contribution is 2.39. The molecule has 2 aromatic heterocycles. The fourth-order valence-electron chi connectivity index (χ4n) is 4.42. The molecular weight excluding hydrogens is 476 g/mol. The maximum atomic E-state index is 13.4. The monoisotopic (exact) mass is 501 g/mol. The van der Waals surface area contributed by atoms with Crippen molar-refractivity contribution in [1.82, 2.24) is 19.9 Å². The van der Waals surface area contributed by atoms with E-state index in [9.17, 15) is 14.4 Å². The smallest absolute Gasteiger partial charge is 0.291 e. The van der Waals surface area contributed by atoms with Gasteiger partial charge in [-0.2, -0.15) is 5.10 Å². The van der Waals surface area contributed by atoms with Crippen molar-refractivity contribution in [3.05, 3.63) is 76.7 Å². The summed E-state index contributed by atoms with van der Waals surface area (Å²) in [5.41, 5.74) is 3.12. The molecule has 0 fully saturated rings. The number of hydrogen-bond donors (Lipinski definition) is 1. The fourth-order valence-corrected chi connectivity index (χ4v) is 5.12. The number of fused-ring (bicyclic) bond motifs is 3. The van der Waals surface area contributed by atoms with Gasteiger partial charge in [-0.25, -0.2) is 9.58 Å². The zero-order valence-corrected chi connectivity index (χ0v) is 21.0. The first-order chi connectivity index (χ1) is 17.4. The quantitative estimate of drug-likeness (QED) is 0.331. The van der Waals surface area contributed by atoms with Gasteiger partial charge in [0, 0.05) is 36.5 Å². The lowest BCUT2D eigenvalue weighted by atomic mass is 10.00. The maximum Gasteiger partial charge on any atom is 0.325 e. The number of anilines is 1. The second-order valence-corrected chi connectivity index (χ2v) is 9.53. The van der Waals surface area contributed by atoms with Gasteiger partial charge < -0.3 is 0 Å². The Labute approximate surface area is 211 Å². The van der Waals surface area contributed by atoms with Gasteiger partial charge in [0.15, 0.2) is 0 Å². The van der Waals surface area contributed by atoms with Gasteiger partial charge in [-0.15, -0.1) is 0 Å². The van der Waals surface area contributed by atoms with Crippen LogP contribution in [0.2, 0.25) is 0 Å². The minimum Gasteiger partial charge on any atom is -0.291 e. The van der Waals surface area contributed by atoms with Gasteiger partial charge in [-0.05, 0) is 23.2 Å². The molecule has 1 aliphatic heterocycles. The average Bonchev–Trinajstić information content (AvgIpc) is 3.32. The summed E-state index contributed by atoms with van der Waals surface area (Å²) in [6.45, 7) is 4.95. The lowest BCUT2D eigenvalue weighted by molar-refractivity contribution is -0.763. The first-order valence-electron chi connectivity index (χ1n) is 11.6. The summed E-state index contributed by atoms with van der Waals surface area (Å²) >= 11 is 1.44. The largest absolute Gasteiger partial charge is 0.325 e. The summed E-state index contributed by atoms with van der Waals surface area (Å²) in [7, 11) is 0. The summed E-state index contributed by atoms with van der Waals surface area (Å²) in [6, 6.07) is 16.7. The molecule has 0 spiro atoms. The SMILES string of the molecule is CCCSc1n[n+]2c(c(=O)[nH]1)-c1ccccc1N(C(C)=O)C2c1cn(C(C)=O)nc1-c1ccccc1. The summed E-state index contributed by atoms with van der Waals surface area (Å²) in [5.74, 6) is 0.273. The van der Waals surface area contributed by atoms with Crippen LogP contribution in [0.25, 0.3) is 22.5 Å². The number of aromatic nitrogens is 5. The Morgan fingerprint density at radius 3 is 2.47 bits per heavy atom. The molecule has 0 radical (unpaired) electrons. The van der Waals surface area contributed by atoms with Gasteiger partial charge in [0.25, 0.3) is 6.17 Å². The lowest BCUT2D eigenvalue weighted by Crippen LogP contribution is -2.60. The number of thioether (sulfide) groups is 1. The van der Waals surface area contributed by atoms with Crippen LogP contribution in [-0.4, -0.2) is 37.4 Å². The summed E-state index contributed by atoms with van der Waals surface area (Å²) in [4.78, 5) is 43.5. The van der Waals surface area contributed by atoms with Crippen LogP contribution in [0.1, 0.15) is 43.7 Å². The number of carbonyl (C=O) groups excluding carboxylic acids is 2. The highest BCUT2D eigenvalue weighted by atomic mass is 32.2. The third-order valence-corrected chi connectivity index (χ3v) is 7.00. The second kappa shape index (κ2) is 9.54. The predicted molar refractivity (Wildman–Crippen MR) is 137 cm³/mol. The third kappa shape index (κ3) is 4.03. The summed E-state index contributed by atoms with van der Waals surface area (Å²) < 4.78 is 2.85. The van der Waals surface area contributed by atoms with Gasteiger partial charge in [0.2, 0.25) is 17.0 Å². The van der Waals surface area contributed by atoms with Crippen molar-refractivity contribution in [2.24, 2.45) is 0 Å². The predicted octanol–water partition coefficient (Wildman–Crippen LogP) is 3.66. The Kier molecular flexibility index (Phi) is 6.27. The molecule has 1 aliphatic rings. The first-order valence-corrected chi connectivity index (χ1v) is 12.6. The zero-order valence-electron chi connectivity index (χ0n) is 20.1. The number of carbonyl (C=O) groups is 2. The number of rotatable bonds is 5. The average molecular weight is 502 g/mol. The van der Waals surface area contributed by atoms with Crippen LogP contribution in [0.15, 0.2) is 70.7 Å². The van der Waals surface area contributed by atoms with Gasteiger partial charge in [0.05, 0.1) is 16.8 Å². The fraction of sp³-hybridized carbons (Fsp3) is 0.231. The van der Waals surface area contributed by atoms with Gasteiger partial charge >= 0.3 is 11.3 Å². The molecule has 1 atom stereocenters. The van der Waals surface area contributed by atoms with Crippen LogP contribution in [-0.2, 0) is 4.79 Å². The highest BCUT2D eigenvalue weighted by molar-refractivity contribution is 7.99. The molecule has 182 valence electrons. The van der Waals surface area contributed by atoms with E-state index < -0.39 is 6.17 Å². The normalized spacial score (nSPS) is 14.3. The molecule has 0 saturated carbocycles. The van der Waals surface area contributed by atoms with E-state index in [4.69, 9.17) is 5.10 Å². The summed E-state index contributed by atoms with van der Waals surface area (Å²) in [6.07, 6.45) is 1.70. The number of H-pyrrole nitrogens is 1. The van der Waals surface area contributed by atoms with Crippen molar-refractivity contribution in [2.75, 3.05) is 10.7 Å². The van der Waals surface area contributed by atoms with E-state index in [0.29, 0.717) is 33.4 Å². The zero-order chi connectivity index (χ0) is 25.4. The molecule has 4 aromatic rings. The molecule has 3 heterocycles. The van der Waals surface area contributed by atoms with Gasteiger partial charge in [-0.1, -0.05) is 61.2 Å². The first kappa shape index (κ1) is 23.7. The van der Waals surface area contributed by atoms with E-state index in [1.165, 1.54) is 30.3 Å². The Morgan fingerprint density at radius 1 is 1.06 bits per heavy atom. The molecule has 9 nitrogen and oxygen atoms in total. The van der Waals surface area contributed by atoms with Gasteiger partial charge in [0.1, 0.15) is 5.69 Å². The molecule has 1 N–H and O–H groups in total. The van der Waals surface area contributed by atoms with Crippen LogP contribution in [0.4, 0.5) is 5.69 Å². The second-order valence-electron chi connectivity index (χ2n) is 8.44. The number of nitrogens with zero attached hydrogens (tertiary/aromatic N) is 5. The maximum absolute atomic E-state index is 13.4. The van der Waals surface area contributed by atoms with Crippen molar-refractivity contribution in [3.63, 3.8) is 0 Å². The van der Waals surface area contributed by atoms with Crippen LogP contribution < -0.4 is 15.1 Å². The van der Waals surface area contributed by atoms with Crippen molar-refractivity contribution >= 4 is 29.3 Å². The number of benzene rings is 2. The van der Waals surface area contributed by atoms with Crippen LogP contribution in [0.5, 0.6) is 0 Å². The van der Waals surface area contributed by atoms with E-state index >= 15 is 0 Å². The molecular formula is C26H25N6O3S+. The Morgan fingerprint density at radius 2 is 1.78 bits per heavy atom. The Bertz CT molecular complexity index is 1530. The molecule has 0 aliphatic carbocycles. The van der Waals surface area contributed by atoms with Crippen LogP contribution in [0, 0.1) is 0 Å². The Balaban J connectivity index is 1.85. The number of amides is 1. The Hall–Kier alpha value is -4.05. The minimum absolute atomic E-state index is 0.231. The minimum atomic E-state index is -0.834. The van der Waals surface area contributed by atoms with Crippen LogP contribution in [0.3, 0.4) is 0 Å². The molecule has 36 heavy (non-hydrogen) atoms. The number of nitrogens with one attached hydrogen (secondary N) is 1. The number of aromatic amines is 1. The molecule has 0 saturated heterocycles. The van der Waals surface area contributed by atoms with Crippen LogP contribution >= 0.6 is 11.8 Å². The summed E-state index contributed by atoms with van der Waals surface area (Å²) in [5, 5.41) is 9.82. The molecule has 10 heteroatoms. The van der Waals surface area contributed by atoms with Crippen molar-refractivity contribution < 1.29 is 14.3 Å². The highest BCUT2D eigenvalue weighted by Gasteiger charge is 2.46. The molecule has 1 amide bonds. The van der Waals surface area contributed by atoms with E-state index in [1.54, 1.807) is 21.8 Å². The molecule has 5 rings (SSSR count). The topological polar surface area (TPSA) is 105 Å². The molecule has 1 unspecified atom stereocenters. The van der Waals surface area contributed by atoms with E-state index in [0.717, 1.165) is 17.7 Å². The molecule has 0 bridgehead atoms. The number of hydrogen-bond acceptors (Lipinski definition) is 6.